The quantitative estimate of drug-likeness (QED) is 0.446. The third kappa shape index (κ3) is 3.33. The molecule has 4 rings (SSSR count). The number of nitrogens with one attached hydrogen (secondary N) is 1. The van der Waals surface area contributed by atoms with Crippen LogP contribution in [0.3, 0.4) is 0 Å². The fourth-order valence-electron chi connectivity index (χ4n) is 2.60. The van der Waals surface area contributed by atoms with Gasteiger partial charge in [0.25, 0.3) is 11.5 Å². The Labute approximate surface area is 171 Å². The first kappa shape index (κ1) is 17.7. The van der Waals surface area contributed by atoms with Gasteiger partial charge in [0, 0.05) is 8.59 Å². The maximum absolute atomic E-state index is 12.7. The zero-order chi connectivity index (χ0) is 19.0. The van der Waals surface area contributed by atoms with Gasteiger partial charge in [0.1, 0.15) is 11.7 Å². The van der Waals surface area contributed by atoms with Crippen molar-refractivity contribution in [1.29, 1.82) is 0 Å². The summed E-state index contributed by atoms with van der Waals surface area (Å²) in [5.41, 5.74) is 3.67. The molecule has 0 unspecified atom stereocenters. The molecule has 1 amide bonds. The number of rotatable bonds is 3. The molecule has 2 aromatic heterocycles. The Morgan fingerprint density at radius 1 is 1.15 bits per heavy atom. The van der Waals surface area contributed by atoms with E-state index < -0.39 is 11.5 Å². The molecule has 0 spiro atoms. The highest BCUT2D eigenvalue weighted by Crippen LogP contribution is 2.17. The average Bonchev–Trinajstić information content (AvgIpc) is 3.09. The van der Waals surface area contributed by atoms with Gasteiger partial charge in [-0.25, -0.2) is 14.3 Å². The molecule has 0 bridgehead atoms. The van der Waals surface area contributed by atoms with Crippen LogP contribution in [0, 0.1) is 3.57 Å². The van der Waals surface area contributed by atoms with Crippen molar-refractivity contribution in [3.8, 4) is 5.69 Å². The first-order valence-corrected chi connectivity index (χ1v) is 9.27. The molecule has 4 aromatic rings. The number of halogens is 2. The fourth-order valence-corrected chi connectivity index (χ4v) is 3.42. The van der Waals surface area contributed by atoms with E-state index in [1.165, 1.54) is 17.2 Å². The van der Waals surface area contributed by atoms with E-state index in [9.17, 15) is 9.59 Å². The highest BCUT2D eigenvalue weighted by molar-refractivity contribution is 14.1. The number of amides is 1. The van der Waals surface area contributed by atoms with Crippen molar-refractivity contribution in [1.82, 2.24) is 19.4 Å². The molecule has 1 N–H and O–H groups in total. The lowest BCUT2D eigenvalue weighted by atomic mass is 10.2. The predicted molar refractivity (Wildman–Crippen MR) is 111 cm³/mol. The van der Waals surface area contributed by atoms with Crippen molar-refractivity contribution in [2.75, 3.05) is 5.43 Å². The second kappa shape index (κ2) is 7.12. The summed E-state index contributed by atoms with van der Waals surface area (Å²) >= 11 is 8.09. The van der Waals surface area contributed by atoms with Crippen LogP contribution in [-0.4, -0.2) is 25.3 Å². The van der Waals surface area contributed by atoms with Crippen LogP contribution in [0.15, 0.2) is 65.8 Å². The molecule has 9 heteroatoms. The van der Waals surface area contributed by atoms with E-state index in [1.54, 1.807) is 30.3 Å². The Morgan fingerprint density at radius 3 is 2.74 bits per heavy atom. The van der Waals surface area contributed by atoms with Gasteiger partial charge in [0.05, 0.1) is 17.4 Å². The minimum absolute atomic E-state index is 0.278. The van der Waals surface area contributed by atoms with Gasteiger partial charge in [-0.05, 0) is 52.9 Å². The number of fused-ring (bicyclic) bond motifs is 1. The molecule has 7 nitrogen and oxygen atoms in total. The van der Waals surface area contributed by atoms with Crippen molar-refractivity contribution in [3.63, 3.8) is 0 Å². The maximum Gasteiger partial charge on any atom is 0.283 e. The Morgan fingerprint density at radius 2 is 1.96 bits per heavy atom. The lowest BCUT2D eigenvalue weighted by Crippen LogP contribution is -2.33. The van der Waals surface area contributed by atoms with Gasteiger partial charge in [0.15, 0.2) is 5.65 Å². The second-order valence-electron chi connectivity index (χ2n) is 5.61. The molecule has 2 heterocycles. The highest BCUT2D eigenvalue weighted by Gasteiger charge is 2.14. The first-order valence-electron chi connectivity index (χ1n) is 7.82. The van der Waals surface area contributed by atoms with Gasteiger partial charge in [0.2, 0.25) is 0 Å². The summed E-state index contributed by atoms with van der Waals surface area (Å²) < 4.78 is 3.36. The summed E-state index contributed by atoms with van der Waals surface area (Å²) in [6.07, 6.45) is 2.68. The SMILES string of the molecule is O=C(Nn1cnc2c(cnn2-c2cccc(Cl)c2)c1=O)c1ccccc1I. The van der Waals surface area contributed by atoms with E-state index in [0.717, 1.165) is 8.25 Å². The van der Waals surface area contributed by atoms with Gasteiger partial charge < -0.3 is 0 Å². The number of nitrogens with zero attached hydrogens (tertiary/aromatic N) is 4. The smallest absolute Gasteiger partial charge is 0.267 e. The Bertz CT molecular complexity index is 1230. The van der Waals surface area contributed by atoms with Crippen LogP contribution in [0.5, 0.6) is 0 Å². The monoisotopic (exact) mass is 491 g/mol. The van der Waals surface area contributed by atoms with Crippen LogP contribution in [0.1, 0.15) is 10.4 Å². The fraction of sp³-hybridized carbons (Fsp3) is 0. The topological polar surface area (TPSA) is 81.8 Å². The summed E-state index contributed by atoms with van der Waals surface area (Å²) in [6.45, 7) is 0. The average molecular weight is 492 g/mol. The van der Waals surface area contributed by atoms with E-state index in [4.69, 9.17) is 11.6 Å². The summed E-state index contributed by atoms with van der Waals surface area (Å²) in [5.74, 6) is -0.398. The number of hydrogen-bond donors (Lipinski definition) is 1. The first-order chi connectivity index (χ1) is 13.0. The standard InChI is InChI=1S/C18H11ClIN5O2/c19-11-4-3-5-12(8-11)25-16-14(9-22-25)18(27)24(10-21-16)23-17(26)13-6-1-2-7-15(13)20/h1-10H,(H,23,26). The molecule has 0 aliphatic carbocycles. The van der Waals surface area contributed by atoms with Crippen LogP contribution in [0.4, 0.5) is 0 Å². The van der Waals surface area contributed by atoms with Gasteiger partial charge in [-0.1, -0.05) is 29.8 Å². The largest absolute Gasteiger partial charge is 0.283 e. The molecule has 0 atom stereocenters. The summed E-state index contributed by atoms with van der Waals surface area (Å²) in [5, 5.41) is 5.06. The summed E-state index contributed by atoms with van der Waals surface area (Å²) in [4.78, 5) is 29.4. The number of aromatic nitrogens is 4. The van der Waals surface area contributed by atoms with Crippen LogP contribution < -0.4 is 11.0 Å². The molecule has 0 aliphatic heterocycles. The molecule has 27 heavy (non-hydrogen) atoms. The van der Waals surface area contributed by atoms with Crippen LogP contribution in [0.25, 0.3) is 16.7 Å². The van der Waals surface area contributed by atoms with E-state index in [-0.39, 0.29) is 5.39 Å². The van der Waals surface area contributed by atoms with Crippen LogP contribution >= 0.6 is 34.2 Å². The molecule has 0 saturated heterocycles. The van der Waals surface area contributed by atoms with Gasteiger partial charge >= 0.3 is 0 Å². The van der Waals surface area contributed by atoms with Crippen molar-refractivity contribution in [3.05, 3.63) is 85.6 Å². The summed E-state index contributed by atoms with van der Waals surface area (Å²) in [6, 6.07) is 14.2. The van der Waals surface area contributed by atoms with Gasteiger partial charge in [-0.15, -0.1) is 0 Å². The van der Waals surface area contributed by atoms with E-state index in [0.29, 0.717) is 21.9 Å². The Balaban J connectivity index is 1.73. The van der Waals surface area contributed by atoms with Crippen molar-refractivity contribution < 1.29 is 4.79 Å². The summed E-state index contributed by atoms with van der Waals surface area (Å²) in [7, 11) is 0. The van der Waals surface area contributed by atoms with Crippen molar-refractivity contribution in [2.24, 2.45) is 0 Å². The lowest BCUT2D eigenvalue weighted by molar-refractivity contribution is 0.101. The third-order valence-electron chi connectivity index (χ3n) is 3.88. The molecular weight excluding hydrogens is 481 g/mol. The molecule has 0 saturated carbocycles. The highest BCUT2D eigenvalue weighted by atomic mass is 127. The second-order valence-corrected chi connectivity index (χ2v) is 7.21. The van der Waals surface area contributed by atoms with Crippen molar-refractivity contribution >= 4 is 51.1 Å². The number of carbonyl (C=O) groups is 1. The predicted octanol–water partition coefficient (Wildman–Crippen LogP) is 3.22. The molecule has 0 fully saturated rings. The number of benzene rings is 2. The maximum atomic E-state index is 12.7. The minimum atomic E-state index is -0.424. The zero-order valence-electron chi connectivity index (χ0n) is 13.6. The molecule has 0 radical (unpaired) electrons. The Kier molecular flexibility index (Phi) is 4.66. The van der Waals surface area contributed by atoms with Crippen LogP contribution in [-0.2, 0) is 0 Å². The number of carbonyl (C=O) groups excluding carboxylic acids is 1. The minimum Gasteiger partial charge on any atom is -0.267 e. The van der Waals surface area contributed by atoms with E-state index in [1.807, 2.05) is 18.2 Å². The molecule has 0 aliphatic rings. The number of hydrogen-bond acceptors (Lipinski definition) is 4. The molecule has 134 valence electrons. The third-order valence-corrected chi connectivity index (χ3v) is 5.06. The molecule has 2 aromatic carbocycles. The van der Waals surface area contributed by atoms with Gasteiger partial charge in [-0.2, -0.15) is 5.10 Å². The zero-order valence-corrected chi connectivity index (χ0v) is 16.5. The van der Waals surface area contributed by atoms with Crippen molar-refractivity contribution in [2.45, 2.75) is 0 Å². The van der Waals surface area contributed by atoms with E-state index >= 15 is 0 Å². The lowest BCUT2D eigenvalue weighted by Gasteiger charge is -2.09. The van der Waals surface area contributed by atoms with E-state index in [2.05, 4.69) is 38.1 Å². The normalized spacial score (nSPS) is 10.9. The van der Waals surface area contributed by atoms with Crippen LogP contribution in [0.2, 0.25) is 5.02 Å². The molecular formula is C18H11ClIN5O2. The van der Waals surface area contributed by atoms with Gasteiger partial charge in [-0.3, -0.25) is 15.0 Å². The Hall–Kier alpha value is -2.72.